The zero-order valence-electron chi connectivity index (χ0n) is 19.3. The van der Waals surface area contributed by atoms with E-state index in [1.54, 1.807) is 7.11 Å². The molecule has 4 aliphatic heterocycles. The quantitative estimate of drug-likeness (QED) is 0.698. The Morgan fingerprint density at radius 1 is 1.11 bits per heavy atom. The first-order valence-electron chi connectivity index (χ1n) is 11.4. The number of fused-ring (bicyclic) bond motifs is 5. The van der Waals surface area contributed by atoms with E-state index in [2.05, 4.69) is 9.80 Å². The second-order valence-electron chi connectivity index (χ2n) is 8.56. The summed E-state index contributed by atoms with van der Waals surface area (Å²) in [7, 11) is 1.66. The highest BCUT2D eigenvalue weighted by Gasteiger charge is 2.38. The first-order valence-corrected chi connectivity index (χ1v) is 11.4. The van der Waals surface area contributed by atoms with Crippen molar-refractivity contribution in [2.24, 2.45) is 0 Å². The molecule has 0 atom stereocenters. The molecule has 2 bridgehead atoms. The van der Waals surface area contributed by atoms with Crippen LogP contribution in [0.15, 0.2) is 24.3 Å². The van der Waals surface area contributed by atoms with Gasteiger partial charge in [0.15, 0.2) is 5.69 Å². The minimum atomic E-state index is -5.08. The van der Waals surface area contributed by atoms with Gasteiger partial charge in [-0.1, -0.05) is 0 Å². The summed E-state index contributed by atoms with van der Waals surface area (Å²) in [6, 6.07) is 8.14. The zero-order valence-corrected chi connectivity index (χ0v) is 19.3. The summed E-state index contributed by atoms with van der Waals surface area (Å²) in [4.78, 5) is 26.9. The second-order valence-corrected chi connectivity index (χ2v) is 8.56. The van der Waals surface area contributed by atoms with Gasteiger partial charge in [0.1, 0.15) is 5.75 Å². The van der Waals surface area contributed by atoms with Crippen LogP contribution in [0.3, 0.4) is 0 Å². The number of carbonyl (C=O) groups is 2. The van der Waals surface area contributed by atoms with Gasteiger partial charge in [0.2, 0.25) is 0 Å². The Morgan fingerprint density at radius 2 is 1.77 bits per heavy atom. The molecule has 1 aromatic carbocycles. The van der Waals surface area contributed by atoms with Gasteiger partial charge in [-0.3, -0.25) is 4.79 Å². The summed E-state index contributed by atoms with van der Waals surface area (Å²) < 4.78 is 44.6. The number of ether oxygens (including phenoxy) is 2. The highest BCUT2D eigenvalue weighted by Crippen LogP contribution is 2.28. The van der Waals surface area contributed by atoms with E-state index in [1.807, 2.05) is 28.9 Å². The third-order valence-corrected chi connectivity index (χ3v) is 6.50. The molecule has 6 rings (SSSR count). The number of aromatic nitrogens is 2. The van der Waals surface area contributed by atoms with Crippen LogP contribution in [0.1, 0.15) is 34.6 Å². The number of hydrogen-bond acceptors (Lipinski definition) is 6. The number of hydrogen-bond donors (Lipinski definition) is 1. The van der Waals surface area contributed by atoms with E-state index in [1.165, 1.54) is 0 Å². The number of carboxylic acid groups (broad SMARTS) is 1. The predicted octanol–water partition coefficient (Wildman–Crippen LogP) is 2.51. The fourth-order valence-electron chi connectivity index (χ4n) is 4.64. The molecule has 3 saturated heterocycles. The zero-order chi connectivity index (χ0) is 25.2. The molecule has 2 aromatic rings. The van der Waals surface area contributed by atoms with Gasteiger partial charge in [-0.05, 0) is 37.1 Å². The number of aliphatic carboxylic acids is 1. The maximum Gasteiger partial charge on any atom is 0.490 e. The molecule has 3 fully saturated rings. The number of amides is 1. The highest BCUT2D eigenvalue weighted by atomic mass is 19.4. The summed E-state index contributed by atoms with van der Waals surface area (Å²) in [5.41, 5.74) is 3.54. The lowest BCUT2D eigenvalue weighted by atomic mass is 10.0. The van der Waals surface area contributed by atoms with Crippen LogP contribution in [-0.2, 0) is 22.6 Å². The van der Waals surface area contributed by atoms with Crippen LogP contribution in [-0.4, -0.2) is 88.7 Å². The smallest absolute Gasteiger partial charge is 0.490 e. The van der Waals surface area contributed by atoms with Gasteiger partial charge >= 0.3 is 12.1 Å². The normalized spacial score (nSPS) is 21.4. The predicted molar refractivity (Wildman–Crippen MR) is 118 cm³/mol. The van der Waals surface area contributed by atoms with Crippen LogP contribution in [0.5, 0.6) is 5.75 Å². The average Bonchev–Trinajstić information content (AvgIpc) is 2.98. The van der Waals surface area contributed by atoms with Crippen molar-refractivity contribution in [3.05, 3.63) is 41.2 Å². The van der Waals surface area contributed by atoms with Crippen molar-refractivity contribution < 1.29 is 37.3 Å². The molecule has 0 radical (unpaired) electrons. The van der Waals surface area contributed by atoms with Crippen molar-refractivity contribution in [2.75, 3.05) is 39.9 Å². The molecule has 4 aliphatic rings. The summed E-state index contributed by atoms with van der Waals surface area (Å²) in [6.07, 6.45) is -2.20. The minimum absolute atomic E-state index is 0.0581. The third kappa shape index (κ3) is 5.43. The van der Waals surface area contributed by atoms with Crippen LogP contribution >= 0.6 is 0 Å². The van der Waals surface area contributed by atoms with Crippen LogP contribution in [0.2, 0.25) is 0 Å². The number of carbonyl (C=O) groups excluding carboxylic acids is 1. The Labute approximate surface area is 200 Å². The summed E-state index contributed by atoms with van der Waals surface area (Å²) in [6.45, 7) is 5.04. The van der Waals surface area contributed by atoms with E-state index >= 15 is 0 Å². The summed E-state index contributed by atoms with van der Waals surface area (Å²) in [5.74, 6) is -1.89. The Hall–Kier alpha value is -3.12. The number of methoxy groups -OCH3 is 1. The van der Waals surface area contributed by atoms with Crippen molar-refractivity contribution in [2.45, 2.75) is 38.1 Å². The highest BCUT2D eigenvalue weighted by molar-refractivity contribution is 5.94. The SMILES string of the molecule is COc1ccc(-n2nc(C(=O)N3CCN4CCC3CC4)c3c2CCOC3)cc1.O=C(O)C(F)(F)F. The summed E-state index contributed by atoms with van der Waals surface area (Å²) in [5, 5.41) is 11.9. The van der Waals surface area contributed by atoms with Crippen molar-refractivity contribution in [1.29, 1.82) is 0 Å². The number of piperidine rings is 1. The Balaban J connectivity index is 0.000000364. The standard InChI is InChI=1S/C21H26N4O3.C2HF3O2/c1-27-17-4-2-16(3-5-17)25-19-8-13-28-14-18(19)20(22-25)21(26)24-12-11-23-9-6-15(24)7-10-23;3-2(4,5)1(6)7/h2-5,15H,6-14H2,1H3;(H,6,7). The van der Waals surface area contributed by atoms with E-state index in [4.69, 9.17) is 24.5 Å². The number of carboxylic acids is 1. The van der Waals surface area contributed by atoms with Crippen LogP contribution in [0.25, 0.3) is 5.69 Å². The first kappa shape index (κ1) is 25.0. The van der Waals surface area contributed by atoms with E-state index in [-0.39, 0.29) is 5.91 Å². The van der Waals surface area contributed by atoms with Gasteiger partial charge in [0.25, 0.3) is 5.91 Å². The lowest BCUT2D eigenvalue weighted by Gasteiger charge is -2.31. The van der Waals surface area contributed by atoms with Crippen molar-refractivity contribution in [1.82, 2.24) is 19.6 Å². The first-order chi connectivity index (χ1) is 16.7. The van der Waals surface area contributed by atoms with Crippen LogP contribution in [0.4, 0.5) is 13.2 Å². The van der Waals surface area contributed by atoms with Crippen molar-refractivity contribution >= 4 is 11.9 Å². The van der Waals surface area contributed by atoms with Gasteiger partial charge in [-0.25, -0.2) is 9.48 Å². The van der Waals surface area contributed by atoms with Crippen molar-refractivity contribution in [3.63, 3.8) is 0 Å². The fourth-order valence-corrected chi connectivity index (χ4v) is 4.64. The van der Waals surface area contributed by atoms with Crippen molar-refractivity contribution in [3.8, 4) is 11.4 Å². The lowest BCUT2D eigenvalue weighted by molar-refractivity contribution is -0.192. The number of nitrogens with zero attached hydrogens (tertiary/aromatic N) is 4. The van der Waals surface area contributed by atoms with Crippen LogP contribution < -0.4 is 4.74 Å². The molecule has 190 valence electrons. The molecular formula is C23H27F3N4O5. The fraction of sp³-hybridized carbons (Fsp3) is 0.522. The monoisotopic (exact) mass is 496 g/mol. The topological polar surface area (TPSA) is 97.1 Å². The molecule has 5 heterocycles. The molecule has 1 N–H and O–H groups in total. The van der Waals surface area contributed by atoms with E-state index in [0.717, 1.165) is 68.1 Å². The minimum Gasteiger partial charge on any atom is -0.497 e. The maximum absolute atomic E-state index is 13.5. The number of halogens is 3. The molecule has 0 spiro atoms. The Bertz CT molecular complexity index is 1060. The van der Waals surface area contributed by atoms with Gasteiger partial charge in [-0.15, -0.1) is 0 Å². The number of benzene rings is 1. The van der Waals surface area contributed by atoms with Gasteiger partial charge in [0.05, 0.1) is 31.7 Å². The second kappa shape index (κ2) is 10.2. The molecule has 12 heteroatoms. The number of rotatable bonds is 3. The average molecular weight is 496 g/mol. The molecular weight excluding hydrogens is 469 g/mol. The van der Waals surface area contributed by atoms with E-state index in [9.17, 15) is 18.0 Å². The molecule has 0 aliphatic carbocycles. The Morgan fingerprint density at radius 3 is 2.37 bits per heavy atom. The summed E-state index contributed by atoms with van der Waals surface area (Å²) >= 11 is 0. The van der Waals surface area contributed by atoms with Gasteiger partial charge < -0.3 is 24.4 Å². The van der Waals surface area contributed by atoms with Gasteiger partial charge in [-0.2, -0.15) is 18.3 Å². The molecule has 0 unspecified atom stereocenters. The molecule has 35 heavy (non-hydrogen) atoms. The van der Waals surface area contributed by atoms with Crippen LogP contribution in [0, 0.1) is 0 Å². The molecule has 1 amide bonds. The van der Waals surface area contributed by atoms with Gasteiger partial charge in [0, 0.05) is 44.2 Å². The Kier molecular flexibility index (Phi) is 7.31. The third-order valence-electron chi connectivity index (χ3n) is 6.50. The molecule has 9 nitrogen and oxygen atoms in total. The molecule has 0 saturated carbocycles. The largest absolute Gasteiger partial charge is 0.497 e. The van der Waals surface area contributed by atoms with E-state index in [0.29, 0.717) is 24.9 Å². The lowest BCUT2D eigenvalue weighted by Crippen LogP contribution is -2.42. The van der Waals surface area contributed by atoms with E-state index < -0.39 is 12.1 Å². The maximum atomic E-state index is 13.5. The molecule has 1 aromatic heterocycles. The number of alkyl halides is 3.